The Morgan fingerprint density at radius 2 is 1.90 bits per heavy atom. The minimum Gasteiger partial charge on any atom is -0.296 e. The summed E-state index contributed by atoms with van der Waals surface area (Å²) in [4.78, 5) is 6.83. The molecule has 1 aromatic carbocycles. The smallest absolute Gasteiger partial charge is 0.123 e. The molecule has 3 aromatic rings. The third kappa shape index (κ3) is 4.07. The van der Waals surface area contributed by atoms with Crippen molar-refractivity contribution in [3.8, 4) is 22.4 Å². The molecule has 2 atom stereocenters. The Labute approximate surface area is 183 Å². The predicted octanol–water partition coefficient (Wildman–Crippen LogP) is 5.95. The van der Waals surface area contributed by atoms with Gasteiger partial charge in [-0.3, -0.25) is 15.0 Å². The van der Waals surface area contributed by atoms with Gasteiger partial charge in [-0.2, -0.15) is 5.10 Å². The van der Waals surface area contributed by atoms with Crippen LogP contribution >= 0.6 is 0 Å². The molecule has 1 saturated heterocycles. The Bertz CT molecular complexity index is 1050. The van der Waals surface area contributed by atoms with Crippen molar-refractivity contribution in [3.63, 3.8) is 0 Å². The Morgan fingerprint density at radius 3 is 2.68 bits per heavy atom. The molecule has 0 amide bonds. The highest BCUT2D eigenvalue weighted by molar-refractivity contribution is 5.89. The molecule has 0 radical (unpaired) electrons. The van der Waals surface area contributed by atoms with Gasteiger partial charge in [-0.25, -0.2) is 4.39 Å². The van der Waals surface area contributed by atoms with E-state index >= 15 is 0 Å². The minimum absolute atomic E-state index is 0.233. The molecule has 0 spiro atoms. The van der Waals surface area contributed by atoms with Crippen LogP contribution in [0.3, 0.4) is 0 Å². The summed E-state index contributed by atoms with van der Waals surface area (Å²) < 4.78 is 13.5. The van der Waals surface area contributed by atoms with Gasteiger partial charge < -0.3 is 0 Å². The number of benzene rings is 1. The number of unbranched alkanes of at least 4 members (excludes halogenated alkanes) is 1. The van der Waals surface area contributed by atoms with Crippen molar-refractivity contribution in [2.24, 2.45) is 5.92 Å². The fourth-order valence-corrected chi connectivity index (χ4v) is 5.14. The van der Waals surface area contributed by atoms with Crippen LogP contribution < -0.4 is 0 Å². The van der Waals surface area contributed by atoms with Crippen molar-refractivity contribution in [1.29, 1.82) is 0 Å². The average Bonchev–Trinajstić information content (AvgIpc) is 3.42. The zero-order valence-electron chi connectivity index (χ0n) is 18.0. The molecule has 0 saturated carbocycles. The van der Waals surface area contributed by atoms with Crippen molar-refractivity contribution >= 4 is 5.57 Å². The van der Waals surface area contributed by atoms with Crippen LogP contribution in [0, 0.1) is 11.7 Å². The number of halogens is 1. The van der Waals surface area contributed by atoms with Crippen LogP contribution in [0.1, 0.15) is 44.7 Å². The highest BCUT2D eigenvalue weighted by Gasteiger charge is 2.34. The average molecular weight is 417 g/mol. The summed E-state index contributed by atoms with van der Waals surface area (Å²) in [5.41, 5.74) is 6.35. The molecule has 2 aromatic heterocycles. The summed E-state index contributed by atoms with van der Waals surface area (Å²) in [7, 11) is 0. The Balaban J connectivity index is 1.52. The predicted molar refractivity (Wildman–Crippen MR) is 123 cm³/mol. The van der Waals surface area contributed by atoms with Gasteiger partial charge in [0, 0.05) is 42.7 Å². The van der Waals surface area contributed by atoms with Gasteiger partial charge in [-0.1, -0.05) is 25.8 Å². The summed E-state index contributed by atoms with van der Waals surface area (Å²) in [5, 5.41) is 8.03. The van der Waals surface area contributed by atoms with Crippen molar-refractivity contribution in [1.82, 2.24) is 20.1 Å². The lowest BCUT2D eigenvalue weighted by atomic mass is 9.92. The van der Waals surface area contributed by atoms with E-state index in [-0.39, 0.29) is 5.82 Å². The molecular weight excluding hydrogens is 387 g/mol. The van der Waals surface area contributed by atoms with Crippen molar-refractivity contribution < 1.29 is 4.39 Å². The molecular formula is C26H29FN4. The maximum Gasteiger partial charge on any atom is 0.123 e. The third-order valence-corrected chi connectivity index (χ3v) is 6.74. The van der Waals surface area contributed by atoms with Gasteiger partial charge in [0.2, 0.25) is 0 Å². The molecule has 0 bridgehead atoms. The van der Waals surface area contributed by atoms with Crippen molar-refractivity contribution in [2.75, 3.05) is 13.1 Å². The zero-order chi connectivity index (χ0) is 21.2. The minimum atomic E-state index is -0.233. The molecule has 0 aliphatic carbocycles. The first-order chi connectivity index (χ1) is 15.2. The highest BCUT2D eigenvalue weighted by atomic mass is 19.1. The standard InChI is InChI=1S/C26H29FN4/c1-2-3-4-18-15-23-16-21(11-14-31(23)17-18)26-24(19-9-12-28-13-10-19)25(29-30-26)20-5-7-22(27)8-6-20/h5-10,12-13,16,18,23H,2-4,11,14-15,17H2,1H3,(H,29,30)/t18-,23-/m0/s1. The molecule has 0 unspecified atom stereocenters. The van der Waals surface area contributed by atoms with E-state index in [0.717, 1.165) is 47.0 Å². The van der Waals surface area contributed by atoms with Crippen LogP contribution in [0.5, 0.6) is 0 Å². The van der Waals surface area contributed by atoms with Crippen LogP contribution in [0.4, 0.5) is 4.39 Å². The first-order valence-corrected chi connectivity index (χ1v) is 11.4. The summed E-state index contributed by atoms with van der Waals surface area (Å²) in [5.74, 6) is 0.581. The summed E-state index contributed by atoms with van der Waals surface area (Å²) in [6, 6.07) is 11.2. The van der Waals surface area contributed by atoms with E-state index in [1.54, 1.807) is 0 Å². The van der Waals surface area contributed by atoms with Gasteiger partial charge in [-0.05, 0) is 72.7 Å². The second-order valence-electron chi connectivity index (χ2n) is 8.81. The number of nitrogens with one attached hydrogen (secondary N) is 1. The molecule has 1 N–H and O–H groups in total. The number of pyridine rings is 1. The first kappa shape index (κ1) is 20.1. The lowest BCUT2D eigenvalue weighted by Crippen LogP contribution is -2.32. The van der Waals surface area contributed by atoms with E-state index in [9.17, 15) is 4.39 Å². The monoisotopic (exact) mass is 416 g/mol. The second kappa shape index (κ2) is 8.75. The number of aromatic amines is 1. The van der Waals surface area contributed by atoms with Crippen LogP contribution in [0.25, 0.3) is 28.0 Å². The molecule has 31 heavy (non-hydrogen) atoms. The molecule has 1 fully saturated rings. The number of fused-ring (bicyclic) bond motifs is 1. The maximum atomic E-state index is 13.5. The first-order valence-electron chi connectivity index (χ1n) is 11.4. The largest absolute Gasteiger partial charge is 0.296 e. The summed E-state index contributed by atoms with van der Waals surface area (Å²) in [6.07, 6.45) is 12.3. The quantitative estimate of drug-likeness (QED) is 0.540. The Morgan fingerprint density at radius 1 is 1.10 bits per heavy atom. The van der Waals surface area contributed by atoms with E-state index in [1.807, 2.05) is 36.7 Å². The molecule has 4 nitrogen and oxygen atoms in total. The maximum absolute atomic E-state index is 13.5. The topological polar surface area (TPSA) is 44.8 Å². The van der Waals surface area contributed by atoms with E-state index in [0.29, 0.717) is 6.04 Å². The Kier molecular flexibility index (Phi) is 5.68. The Hall–Kier alpha value is -2.79. The van der Waals surface area contributed by atoms with Crippen LogP contribution in [-0.4, -0.2) is 39.2 Å². The van der Waals surface area contributed by atoms with Crippen molar-refractivity contribution in [2.45, 2.75) is 45.1 Å². The number of hydrogen-bond acceptors (Lipinski definition) is 3. The summed E-state index contributed by atoms with van der Waals surface area (Å²) in [6.45, 7) is 4.60. The van der Waals surface area contributed by atoms with Gasteiger partial charge in [-0.15, -0.1) is 0 Å². The summed E-state index contributed by atoms with van der Waals surface area (Å²) >= 11 is 0. The number of aromatic nitrogens is 3. The SMILES string of the molecule is CCCC[C@H]1C[C@H]2C=C(c3n[nH]c(-c4ccc(F)cc4)c3-c3ccncc3)CCN2C1. The van der Waals surface area contributed by atoms with E-state index in [1.165, 1.54) is 49.9 Å². The van der Waals surface area contributed by atoms with Gasteiger partial charge in [0.15, 0.2) is 0 Å². The third-order valence-electron chi connectivity index (χ3n) is 6.74. The molecule has 5 rings (SSSR count). The fraction of sp³-hybridized carbons (Fsp3) is 0.385. The zero-order valence-corrected chi connectivity index (χ0v) is 18.0. The lowest BCUT2D eigenvalue weighted by Gasteiger charge is -2.28. The van der Waals surface area contributed by atoms with Gasteiger partial charge >= 0.3 is 0 Å². The highest BCUT2D eigenvalue weighted by Crippen LogP contribution is 2.40. The van der Waals surface area contributed by atoms with E-state index in [4.69, 9.17) is 5.10 Å². The number of rotatable bonds is 6. The molecule has 4 heterocycles. The second-order valence-corrected chi connectivity index (χ2v) is 8.81. The van der Waals surface area contributed by atoms with E-state index < -0.39 is 0 Å². The van der Waals surface area contributed by atoms with Crippen molar-refractivity contribution in [3.05, 3.63) is 66.4 Å². The van der Waals surface area contributed by atoms with Crippen LogP contribution in [0.15, 0.2) is 54.9 Å². The molecule has 5 heteroatoms. The van der Waals surface area contributed by atoms with E-state index in [2.05, 4.69) is 28.0 Å². The number of H-pyrrole nitrogens is 1. The molecule has 2 aliphatic heterocycles. The normalized spacial score (nSPS) is 21.2. The molecule has 2 aliphatic rings. The fourth-order valence-electron chi connectivity index (χ4n) is 5.14. The lowest BCUT2D eigenvalue weighted by molar-refractivity contribution is 0.279. The van der Waals surface area contributed by atoms with Gasteiger partial charge in [0.1, 0.15) is 5.82 Å². The van der Waals surface area contributed by atoms with Crippen LogP contribution in [0.2, 0.25) is 0 Å². The number of nitrogens with zero attached hydrogens (tertiary/aromatic N) is 3. The molecule has 160 valence electrons. The number of hydrogen-bond donors (Lipinski definition) is 1. The van der Waals surface area contributed by atoms with Gasteiger partial charge in [0.25, 0.3) is 0 Å². The van der Waals surface area contributed by atoms with Gasteiger partial charge in [0.05, 0.1) is 11.4 Å². The van der Waals surface area contributed by atoms with Crippen LogP contribution in [-0.2, 0) is 0 Å².